The number of aromatic nitrogens is 1. The highest BCUT2D eigenvalue weighted by Gasteiger charge is 2.36. The Hall–Kier alpha value is -2.73. The maximum Gasteiger partial charge on any atom is 0.256 e. The number of likely N-dealkylation sites (tertiary alicyclic amines) is 1. The number of pyridine rings is 1. The predicted molar refractivity (Wildman–Crippen MR) is 101 cm³/mol. The number of piperidine rings is 1. The third-order valence-corrected chi connectivity index (χ3v) is 5.24. The molecule has 0 N–H and O–H groups in total. The average molecular weight is 365 g/mol. The summed E-state index contributed by atoms with van der Waals surface area (Å²) in [6.45, 7) is 1.98. The summed E-state index contributed by atoms with van der Waals surface area (Å²) in [6.07, 6.45) is 5.14. The van der Waals surface area contributed by atoms with Gasteiger partial charge in [-0.15, -0.1) is 0 Å². The summed E-state index contributed by atoms with van der Waals surface area (Å²) >= 11 is 0. The summed E-state index contributed by atoms with van der Waals surface area (Å²) in [6, 6.07) is 13.2. The Labute approximate surface area is 158 Å². The summed E-state index contributed by atoms with van der Waals surface area (Å²) < 4.78 is 6.11. The molecule has 0 aliphatic carbocycles. The van der Waals surface area contributed by atoms with Crippen molar-refractivity contribution in [2.75, 3.05) is 24.5 Å². The highest BCUT2D eigenvalue weighted by Crippen LogP contribution is 2.26. The summed E-state index contributed by atoms with van der Waals surface area (Å²) in [5, 5.41) is 0. The lowest BCUT2D eigenvalue weighted by molar-refractivity contribution is -0.132. The first-order chi connectivity index (χ1) is 13.2. The number of anilines is 1. The number of benzene rings is 1. The van der Waals surface area contributed by atoms with E-state index in [0.717, 1.165) is 18.5 Å². The first-order valence-electron chi connectivity index (χ1n) is 9.43. The summed E-state index contributed by atoms with van der Waals surface area (Å²) in [7, 11) is 0. The van der Waals surface area contributed by atoms with E-state index in [1.807, 2.05) is 35.2 Å². The van der Waals surface area contributed by atoms with Crippen molar-refractivity contribution in [2.45, 2.75) is 31.5 Å². The number of rotatable bonds is 4. The lowest BCUT2D eigenvalue weighted by Crippen LogP contribution is -2.42. The largest absolute Gasteiger partial charge is 0.365 e. The van der Waals surface area contributed by atoms with Crippen LogP contribution in [0.3, 0.4) is 0 Å². The van der Waals surface area contributed by atoms with Gasteiger partial charge in [-0.3, -0.25) is 14.6 Å². The van der Waals surface area contributed by atoms with Crippen LogP contribution in [0.2, 0.25) is 0 Å². The molecule has 27 heavy (non-hydrogen) atoms. The number of amides is 2. The number of para-hydroxylation sites is 1. The van der Waals surface area contributed by atoms with Crippen molar-refractivity contribution < 1.29 is 14.3 Å². The van der Waals surface area contributed by atoms with Crippen molar-refractivity contribution >= 4 is 17.5 Å². The smallest absolute Gasteiger partial charge is 0.256 e. The van der Waals surface area contributed by atoms with Crippen LogP contribution >= 0.6 is 0 Å². The zero-order valence-corrected chi connectivity index (χ0v) is 15.2. The summed E-state index contributed by atoms with van der Waals surface area (Å²) in [5.41, 5.74) is 1.58. The second-order valence-corrected chi connectivity index (χ2v) is 6.97. The van der Waals surface area contributed by atoms with Gasteiger partial charge in [0.2, 0.25) is 0 Å². The number of ether oxygens (including phenoxy) is 1. The van der Waals surface area contributed by atoms with Crippen LogP contribution in [-0.4, -0.2) is 53.5 Å². The molecule has 1 aromatic heterocycles. The third-order valence-electron chi connectivity index (χ3n) is 5.24. The molecule has 6 nitrogen and oxygen atoms in total. The van der Waals surface area contributed by atoms with E-state index in [-0.39, 0.29) is 24.0 Å². The zero-order valence-electron chi connectivity index (χ0n) is 15.2. The minimum absolute atomic E-state index is 0.0242. The van der Waals surface area contributed by atoms with Crippen LogP contribution in [0.25, 0.3) is 0 Å². The molecule has 2 aromatic rings. The molecule has 0 bridgehead atoms. The van der Waals surface area contributed by atoms with Crippen molar-refractivity contribution in [3.8, 4) is 0 Å². The molecule has 4 rings (SSSR count). The van der Waals surface area contributed by atoms with Crippen LogP contribution < -0.4 is 4.90 Å². The Morgan fingerprint density at radius 2 is 1.67 bits per heavy atom. The summed E-state index contributed by atoms with van der Waals surface area (Å²) in [5.74, 6) is 0.0690. The zero-order chi connectivity index (χ0) is 18.6. The summed E-state index contributed by atoms with van der Waals surface area (Å²) in [4.78, 5) is 32.8. The highest BCUT2D eigenvalue weighted by atomic mass is 16.5. The molecule has 0 saturated carbocycles. The van der Waals surface area contributed by atoms with Gasteiger partial charge >= 0.3 is 0 Å². The van der Waals surface area contributed by atoms with Gasteiger partial charge in [0.15, 0.2) is 0 Å². The van der Waals surface area contributed by atoms with Gasteiger partial charge in [-0.1, -0.05) is 18.2 Å². The molecule has 1 aromatic carbocycles. The van der Waals surface area contributed by atoms with Gasteiger partial charge in [0, 0.05) is 49.7 Å². The molecule has 3 heterocycles. The van der Waals surface area contributed by atoms with E-state index in [4.69, 9.17) is 4.74 Å². The fourth-order valence-electron chi connectivity index (χ4n) is 3.75. The second-order valence-electron chi connectivity index (χ2n) is 6.97. The monoisotopic (exact) mass is 365 g/mol. The van der Waals surface area contributed by atoms with Gasteiger partial charge in [-0.25, -0.2) is 0 Å². The lowest BCUT2D eigenvalue weighted by atomic mass is 10.1. The van der Waals surface area contributed by atoms with E-state index in [1.54, 1.807) is 29.4 Å². The van der Waals surface area contributed by atoms with Crippen LogP contribution in [-0.2, 0) is 9.53 Å². The molecule has 6 heteroatoms. The van der Waals surface area contributed by atoms with Gasteiger partial charge in [-0.05, 0) is 37.1 Å². The maximum atomic E-state index is 12.7. The Bertz CT molecular complexity index is 789. The van der Waals surface area contributed by atoms with Gasteiger partial charge < -0.3 is 14.5 Å². The Kier molecular flexibility index (Phi) is 5.16. The van der Waals surface area contributed by atoms with E-state index >= 15 is 0 Å². The van der Waals surface area contributed by atoms with E-state index in [0.29, 0.717) is 31.6 Å². The molecular weight excluding hydrogens is 342 g/mol. The molecule has 2 aliphatic heterocycles. The Morgan fingerprint density at radius 3 is 2.37 bits per heavy atom. The molecule has 140 valence electrons. The quantitative estimate of drug-likeness (QED) is 0.835. The fraction of sp³-hybridized carbons (Fsp3) is 0.381. The van der Waals surface area contributed by atoms with E-state index < -0.39 is 0 Å². The highest BCUT2D eigenvalue weighted by molar-refractivity contribution is 5.98. The van der Waals surface area contributed by atoms with E-state index in [1.165, 1.54) is 0 Å². The van der Waals surface area contributed by atoms with Crippen molar-refractivity contribution in [2.24, 2.45) is 0 Å². The van der Waals surface area contributed by atoms with Gasteiger partial charge in [0.05, 0.1) is 6.10 Å². The minimum atomic E-state index is -0.377. The number of carbonyl (C=O) groups is 2. The minimum Gasteiger partial charge on any atom is -0.365 e. The van der Waals surface area contributed by atoms with Crippen molar-refractivity contribution in [3.63, 3.8) is 0 Å². The van der Waals surface area contributed by atoms with Crippen molar-refractivity contribution in [3.05, 3.63) is 60.4 Å². The van der Waals surface area contributed by atoms with E-state index in [9.17, 15) is 9.59 Å². The van der Waals surface area contributed by atoms with Crippen LogP contribution in [0.4, 0.5) is 5.69 Å². The molecule has 2 amide bonds. The SMILES string of the molecule is O=C(c1ccncc1)N1CCC(OC2CCN(c3ccccc3)C2=O)CC1. The number of carbonyl (C=O) groups excluding carboxylic acids is 2. The molecule has 0 spiro atoms. The van der Waals surface area contributed by atoms with Crippen molar-refractivity contribution in [1.29, 1.82) is 0 Å². The number of hydrogen-bond acceptors (Lipinski definition) is 4. The number of hydrogen-bond donors (Lipinski definition) is 0. The van der Waals surface area contributed by atoms with Crippen molar-refractivity contribution in [1.82, 2.24) is 9.88 Å². The van der Waals surface area contributed by atoms with E-state index in [2.05, 4.69) is 4.98 Å². The van der Waals surface area contributed by atoms with Gasteiger partial charge in [0.25, 0.3) is 11.8 Å². The number of nitrogens with zero attached hydrogens (tertiary/aromatic N) is 3. The first-order valence-corrected chi connectivity index (χ1v) is 9.43. The van der Waals surface area contributed by atoms with Crippen LogP contribution in [0, 0.1) is 0 Å². The molecule has 1 unspecified atom stereocenters. The third kappa shape index (κ3) is 3.85. The normalized spacial score (nSPS) is 20.9. The first kappa shape index (κ1) is 17.7. The molecule has 2 saturated heterocycles. The predicted octanol–water partition coefficient (Wildman–Crippen LogP) is 2.51. The molecule has 2 aliphatic rings. The molecular formula is C21H23N3O3. The molecule has 1 atom stereocenters. The lowest BCUT2D eigenvalue weighted by Gasteiger charge is -2.33. The fourth-order valence-corrected chi connectivity index (χ4v) is 3.75. The van der Waals surface area contributed by atoms with Crippen LogP contribution in [0.1, 0.15) is 29.6 Å². The second kappa shape index (κ2) is 7.88. The Morgan fingerprint density at radius 1 is 0.963 bits per heavy atom. The maximum absolute atomic E-state index is 12.7. The van der Waals surface area contributed by atoms with Gasteiger partial charge in [0.1, 0.15) is 6.10 Å². The van der Waals surface area contributed by atoms with Crippen LogP contribution in [0.5, 0.6) is 0 Å². The Balaban J connectivity index is 1.30. The molecule has 2 fully saturated rings. The van der Waals surface area contributed by atoms with Gasteiger partial charge in [-0.2, -0.15) is 0 Å². The van der Waals surface area contributed by atoms with Crippen LogP contribution in [0.15, 0.2) is 54.9 Å². The average Bonchev–Trinajstić information content (AvgIpc) is 3.09. The standard InChI is InChI=1S/C21H23N3O3/c25-20(16-6-11-22-12-7-16)23-13-8-18(9-14-23)27-19-10-15-24(21(19)26)17-4-2-1-3-5-17/h1-7,11-12,18-19H,8-10,13-15H2. The topological polar surface area (TPSA) is 62.7 Å². The molecule has 0 radical (unpaired) electrons.